The standard InChI is InChI=1S/C16H18O/c1-2-3-12-17-13-11-15-9-6-8-14-7-4-5-10-16(14)15/h4-11,13H,2-3,12H2,1H3/b13-11+. The Bertz CT molecular complexity index is 494. The van der Waals surface area contributed by atoms with Crippen LogP contribution >= 0.6 is 0 Å². The summed E-state index contributed by atoms with van der Waals surface area (Å²) in [5, 5.41) is 2.54. The lowest BCUT2D eigenvalue weighted by atomic mass is 10.0. The van der Waals surface area contributed by atoms with Gasteiger partial charge in [0.05, 0.1) is 12.9 Å². The van der Waals surface area contributed by atoms with Crippen molar-refractivity contribution in [1.29, 1.82) is 0 Å². The maximum Gasteiger partial charge on any atom is 0.0873 e. The smallest absolute Gasteiger partial charge is 0.0873 e. The molecule has 0 bridgehead atoms. The van der Waals surface area contributed by atoms with Crippen molar-refractivity contribution < 1.29 is 4.74 Å². The van der Waals surface area contributed by atoms with Gasteiger partial charge in [0.25, 0.3) is 0 Å². The number of ether oxygens (including phenoxy) is 1. The van der Waals surface area contributed by atoms with Gasteiger partial charge in [-0.15, -0.1) is 0 Å². The maximum atomic E-state index is 5.45. The molecule has 0 aromatic heterocycles. The largest absolute Gasteiger partial charge is 0.501 e. The van der Waals surface area contributed by atoms with Gasteiger partial charge in [-0.1, -0.05) is 55.8 Å². The quantitative estimate of drug-likeness (QED) is 0.533. The molecule has 0 aliphatic heterocycles. The molecular formula is C16H18O. The summed E-state index contributed by atoms with van der Waals surface area (Å²) in [6.45, 7) is 2.97. The SMILES string of the molecule is CCCCO/C=C/c1cccc2ccccc12. The molecule has 0 amide bonds. The normalized spacial score (nSPS) is 11.1. The maximum absolute atomic E-state index is 5.45. The Balaban J connectivity index is 2.13. The second-order valence-electron chi connectivity index (χ2n) is 4.10. The summed E-state index contributed by atoms with van der Waals surface area (Å²) in [7, 11) is 0. The summed E-state index contributed by atoms with van der Waals surface area (Å²) < 4.78 is 5.45. The predicted molar refractivity (Wildman–Crippen MR) is 73.8 cm³/mol. The van der Waals surface area contributed by atoms with Crippen molar-refractivity contribution in [2.75, 3.05) is 6.61 Å². The zero-order valence-electron chi connectivity index (χ0n) is 10.2. The number of unbranched alkanes of at least 4 members (excludes halogenated alkanes) is 1. The van der Waals surface area contributed by atoms with Crippen molar-refractivity contribution in [2.24, 2.45) is 0 Å². The van der Waals surface area contributed by atoms with E-state index in [2.05, 4.69) is 49.4 Å². The van der Waals surface area contributed by atoms with Crippen molar-refractivity contribution in [3.63, 3.8) is 0 Å². The average Bonchev–Trinajstić information content (AvgIpc) is 2.39. The predicted octanol–water partition coefficient (Wildman–Crippen LogP) is 4.63. The van der Waals surface area contributed by atoms with E-state index in [1.165, 1.54) is 22.8 Å². The molecule has 0 heterocycles. The first-order valence-electron chi connectivity index (χ1n) is 6.17. The highest BCUT2D eigenvalue weighted by Gasteiger charge is 1.95. The molecule has 0 unspecified atom stereocenters. The summed E-state index contributed by atoms with van der Waals surface area (Å²) in [6.07, 6.45) is 6.12. The number of hydrogen-bond donors (Lipinski definition) is 0. The molecule has 1 nitrogen and oxygen atoms in total. The fourth-order valence-electron chi connectivity index (χ4n) is 1.81. The molecule has 88 valence electrons. The monoisotopic (exact) mass is 226 g/mol. The fourth-order valence-corrected chi connectivity index (χ4v) is 1.81. The second-order valence-corrected chi connectivity index (χ2v) is 4.10. The molecule has 0 aliphatic carbocycles. The number of hydrogen-bond acceptors (Lipinski definition) is 1. The minimum absolute atomic E-state index is 0.803. The molecule has 17 heavy (non-hydrogen) atoms. The van der Waals surface area contributed by atoms with Crippen molar-refractivity contribution in [3.05, 3.63) is 54.3 Å². The van der Waals surface area contributed by atoms with Gasteiger partial charge in [-0.05, 0) is 28.8 Å². The van der Waals surface area contributed by atoms with Crippen LogP contribution in [0.15, 0.2) is 48.7 Å². The third-order valence-corrected chi connectivity index (χ3v) is 2.78. The molecule has 2 rings (SSSR count). The van der Waals surface area contributed by atoms with Crippen LogP contribution in [0.2, 0.25) is 0 Å². The molecular weight excluding hydrogens is 208 g/mol. The van der Waals surface area contributed by atoms with Gasteiger partial charge >= 0.3 is 0 Å². The summed E-state index contributed by atoms with van der Waals surface area (Å²) in [6, 6.07) is 14.7. The summed E-state index contributed by atoms with van der Waals surface area (Å²) in [5.74, 6) is 0. The first kappa shape index (κ1) is 11.7. The van der Waals surface area contributed by atoms with Crippen LogP contribution < -0.4 is 0 Å². The third-order valence-electron chi connectivity index (χ3n) is 2.78. The van der Waals surface area contributed by atoms with E-state index in [1.807, 2.05) is 6.08 Å². The van der Waals surface area contributed by atoms with Crippen LogP contribution in [0.1, 0.15) is 25.3 Å². The van der Waals surface area contributed by atoms with E-state index < -0.39 is 0 Å². The molecule has 1 heteroatoms. The summed E-state index contributed by atoms with van der Waals surface area (Å²) in [4.78, 5) is 0. The number of benzene rings is 2. The molecule has 0 radical (unpaired) electrons. The third kappa shape index (κ3) is 3.10. The zero-order chi connectivity index (χ0) is 11.9. The lowest BCUT2D eigenvalue weighted by Gasteiger charge is -2.02. The highest BCUT2D eigenvalue weighted by atomic mass is 16.5. The Kier molecular flexibility index (Phi) is 4.20. The molecule has 0 aliphatic rings. The first-order valence-corrected chi connectivity index (χ1v) is 6.17. The minimum Gasteiger partial charge on any atom is -0.501 e. The molecule has 0 N–H and O–H groups in total. The van der Waals surface area contributed by atoms with Gasteiger partial charge in [0, 0.05) is 0 Å². The Morgan fingerprint density at radius 2 is 1.88 bits per heavy atom. The van der Waals surface area contributed by atoms with E-state index in [-0.39, 0.29) is 0 Å². The Morgan fingerprint density at radius 1 is 1.06 bits per heavy atom. The van der Waals surface area contributed by atoms with E-state index >= 15 is 0 Å². The molecule has 0 atom stereocenters. The van der Waals surface area contributed by atoms with Gasteiger partial charge in [-0.3, -0.25) is 0 Å². The van der Waals surface area contributed by atoms with Crippen LogP contribution in [0, 0.1) is 0 Å². The Morgan fingerprint density at radius 3 is 2.76 bits per heavy atom. The first-order chi connectivity index (χ1) is 8.42. The van der Waals surface area contributed by atoms with Crippen LogP contribution in [0.4, 0.5) is 0 Å². The van der Waals surface area contributed by atoms with E-state index in [9.17, 15) is 0 Å². The van der Waals surface area contributed by atoms with Gasteiger partial charge in [-0.25, -0.2) is 0 Å². The van der Waals surface area contributed by atoms with Gasteiger partial charge in [0.15, 0.2) is 0 Å². The van der Waals surface area contributed by atoms with Crippen molar-refractivity contribution >= 4 is 16.8 Å². The molecule has 0 fully saturated rings. The lowest BCUT2D eigenvalue weighted by molar-refractivity contribution is 0.246. The van der Waals surface area contributed by atoms with Crippen LogP contribution in [0.25, 0.3) is 16.8 Å². The van der Waals surface area contributed by atoms with Crippen LogP contribution in [0.3, 0.4) is 0 Å². The molecule has 2 aromatic rings. The fraction of sp³-hybridized carbons (Fsp3) is 0.250. The van der Waals surface area contributed by atoms with Gasteiger partial charge in [0.1, 0.15) is 0 Å². The van der Waals surface area contributed by atoms with Gasteiger partial charge < -0.3 is 4.74 Å². The van der Waals surface area contributed by atoms with Crippen molar-refractivity contribution in [2.45, 2.75) is 19.8 Å². The van der Waals surface area contributed by atoms with E-state index in [0.717, 1.165) is 13.0 Å². The number of fused-ring (bicyclic) bond motifs is 1. The minimum atomic E-state index is 0.803. The summed E-state index contributed by atoms with van der Waals surface area (Å²) >= 11 is 0. The van der Waals surface area contributed by atoms with Crippen LogP contribution in [0.5, 0.6) is 0 Å². The van der Waals surface area contributed by atoms with E-state index in [0.29, 0.717) is 0 Å². The highest BCUT2D eigenvalue weighted by molar-refractivity contribution is 5.90. The second kappa shape index (κ2) is 6.09. The highest BCUT2D eigenvalue weighted by Crippen LogP contribution is 2.19. The van der Waals surface area contributed by atoms with Gasteiger partial charge in [-0.2, -0.15) is 0 Å². The molecule has 0 spiro atoms. The van der Waals surface area contributed by atoms with E-state index in [4.69, 9.17) is 4.74 Å². The molecule has 0 saturated heterocycles. The van der Waals surface area contributed by atoms with Crippen molar-refractivity contribution in [3.8, 4) is 0 Å². The Labute approximate surface area is 103 Å². The Hall–Kier alpha value is -1.76. The topological polar surface area (TPSA) is 9.23 Å². The molecule has 0 saturated carbocycles. The zero-order valence-corrected chi connectivity index (χ0v) is 10.2. The lowest BCUT2D eigenvalue weighted by Crippen LogP contribution is -1.85. The van der Waals surface area contributed by atoms with Crippen LogP contribution in [-0.4, -0.2) is 6.61 Å². The van der Waals surface area contributed by atoms with Crippen LogP contribution in [-0.2, 0) is 4.74 Å². The average molecular weight is 226 g/mol. The molecule has 2 aromatic carbocycles. The number of rotatable bonds is 5. The van der Waals surface area contributed by atoms with Gasteiger partial charge in [0.2, 0.25) is 0 Å². The van der Waals surface area contributed by atoms with E-state index in [1.54, 1.807) is 6.26 Å². The summed E-state index contributed by atoms with van der Waals surface area (Å²) in [5.41, 5.74) is 1.21. The van der Waals surface area contributed by atoms with Crippen molar-refractivity contribution in [1.82, 2.24) is 0 Å².